The van der Waals surface area contributed by atoms with Crippen molar-refractivity contribution in [3.63, 3.8) is 0 Å². The molecule has 0 aromatic heterocycles. The Labute approximate surface area is 182 Å². The van der Waals surface area contributed by atoms with Gasteiger partial charge >= 0.3 is 29.9 Å². The van der Waals surface area contributed by atoms with Crippen molar-refractivity contribution in [1.82, 2.24) is 0 Å². The van der Waals surface area contributed by atoms with Crippen molar-refractivity contribution < 1.29 is 58.4 Å². The minimum Gasteiger partial charge on any atom is -0.748 e. The summed E-state index contributed by atoms with van der Waals surface area (Å²) in [5.41, 5.74) is -6.97. The summed E-state index contributed by atoms with van der Waals surface area (Å²) in [6.45, 7) is 4.44. The van der Waals surface area contributed by atoms with Crippen molar-refractivity contribution in [3.05, 3.63) is 54.1 Å². The first-order valence-electron chi connectivity index (χ1n) is 8.59. The molecule has 7 nitrogen and oxygen atoms in total. The first-order valence-corrected chi connectivity index (χ1v) is 10.2. The van der Waals surface area contributed by atoms with Gasteiger partial charge < -0.3 is 14.0 Å². The third-order valence-electron chi connectivity index (χ3n) is 4.18. The molecular weight excluding hydrogens is 486 g/mol. The number of esters is 2. The Hall–Kier alpha value is -3.13. The molecule has 2 aromatic rings. The van der Waals surface area contributed by atoms with Crippen molar-refractivity contribution in [2.24, 2.45) is 0 Å². The Bertz CT molecular complexity index is 1200. The van der Waals surface area contributed by atoms with Crippen LogP contribution in [0.4, 0.5) is 26.3 Å². The van der Waals surface area contributed by atoms with E-state index in [4.69, 9.17) is 4.74 Å². The zero-order valence-corrected chi connectivity index (χ0v) is 17.2. The molecule has 0 fully saturated rings. The minimum atomic E-state index is -6.55. The number of ether oxygens (including phenoxy) is 2. The molecule has 180 valence electrons. The fourth-order valence-corrected chi connectivity index (χ4v) is 3.47. The number of benzene rings is 2. The predicted octanol–water partition coefficient (Wildman–Crippen LogP) is 3.89. The molecule has 14 heteroatoms. The standard InChI is InChI=1S/C19H14F6O7S/c1-10(2)15(26)31-14-8-12-6-4-3-5-11(12)7-13(14)16(27)32-17(18(20,21)22,19(23,24)25)9-33(28,29)30/h3-8H,1,9H2,2H3,(H,28,29,30)/p-1. The lowest BCUT2D eigenvalue weighted by atomic mass is 10.0. The summed E-state index contributed by atoms with van der Waals surface area (Å²) < 4.78 is 122. The number of hydrogen-bond acceptors (Lipinski definition) is 7. The summed E-state index contributed by atoms with van der Waals surface area (Å²) in [5.74, 6) is -7.45. The van der Waals surface area contributed by atoms with E-state index in [9.17, 15) is 48.9 Å². The maximum Gasteiger partial charge on any atom is 0.438 e. The highest BCUT2D eigenvalue weighted by molar-refractivity contribution is 7.85. The van der Waals surface area contributed by atoms with Crippen molar-refractivity contribution in [2.45, 2.75) is 24.9 Å². The summed E-state index contributed by atoms with van der Waals surface area (Å²) in [5, 5.41) is 0.402. The molecule has 0 saturated carbocycles. The van der Waals surface area contributed by atoms with Gasteiger partial charge in [0.1, 0.15) is 11.3 Å². The molecule has 0 radical (unpaired) electrons. The number of alkyl halides is 6. The smallest absolute Gasteiger partial charge is 0.438 e. The maximum absolute atomic E-state index is 13.4. The molecule has 0 aliphatic rings. The van der Waals surface area contributed by atoms with Gasteiger partial charge in [0.15, 0.2) is 0 Å². The average molecular weight is 499 g/mol. The van der Waals surface area contributed by atoms with Gasteiger partial charge in [0, 0.05) is 5.57 Å². The third kappa shape index (κ3) is 5.63. The van der Waals surface area contributed by atoms with Gasteiger partial charge in [0.2, 0.25) is 0 Å². The highest BCUT2D eigenvalue weighted by atomic mass is 32.2. The molecule has 0 heterocycles. The van der Waals surface area contributed by atoms with Crippen LogP contribution in [-0.2, 0) is 19.6 Å². The van der Waals surface area contributed by atoms with E-state index in [1.165, 1.54) is 31.2 Å². The largest absolute Gasteiger partial charge is 0.748 e. The highest BCUT2D eigenvalue weighted by Gasteiger charge is 2.75. The molecule has 0 N–H and O–H groups in total. The van der Waals surface area contributed by atoms with Gasteiger partial charge in [-0.2, -0.15) is 26.3 Å². The van der Waals surface area contributed by atoms with Gasteiger partial charge in [-0.25, -0.2) is 18.0 Å². The number of carbonyl (C=O) groups excluding carboxylic acids is 2. The molecule has 0 spiro atoms. The molecule has 0 unspecified atom stereocenters. The highest BCUT2D eigenvalue weighted by Crippen LogP contribution is 2.47. The number of fused-ring (bicyclic) bond motifs is 1. The van der Waals surface area contributed by atoms with Gasteiger partial charge in [0.25, 0.3) is 0 Å². The SMILES string of the molecule is C=C(C)C(=O)Oc1cc2ccccc2cc1C(=O)OC(CS(=O)(=O)[O-])(C(F)(F)F)C(F)(F)F. The molecular formula is C19H13F6O7S-. The van der Waals surface area contributed by atoms with Crippen LogP contribution in [0, 0.1) is 0 Å². The summed E-state index contributed by atoms with van der Waals surface area (Å²) in [4.78, 5) is 24.4. The van der Waals surface area contributed by atoms with Crippen LogP contribution >= 0.6 is 0 Å². The Balaban J connectivity index is 2.71. The molecule has 2 rings (SSSR count). The van der Waals surface area contributed by atoms with E-state index < -0.39 is 57.1 Å². The molecule has 0 amide bonds. The van der Waals surface area contributed by atoms with Crippen molar-refractivity contribution in [1.29, 1.82) is 0 Å². The number of carbonyl (C=O) groups is 2. The van der Waals surface area contributed by atoms with Crippen LogP contribution in [0.5, 0.6) is 5.75 Å². The first-order chi connectivity index (χ1) is 14.9. The van der Waals surface area contributed by atoms with Crippen molar-refractivity contribution >= 4 is 32.8 Å². The van der Waals surface area contributed by atoms with Crippen LogP contribution in [0.2, 0.25) is 0 Å². The molecule has 0 aliphatic heterocycles. The molecule has 0 bridgehead atoms. The molecule has 2 aromatic carbocycles. The Morgan fingerprint density at radius 2 is 1.48 bits per heavy atom. The number of halogens is 6. The Morgan fingerprint density at radius 3 is 1.91 bits per heavy atom. The van der Waals surface area contributed by atoms with E-state index in [1.807, 2.05) is 0 Å². The van der Waals surface area contributed by atoms with E-state index >= 15 is 0 Å². The lowest BCUT2D eigenvalue weighted by molar-refractivity contribution is -0.356. The quantitative estimate of drug-likeness (QED) is 0.195. The van der Waals surface area contributed by atoms with E-state index in [-0.39, 0.29) is 16.3 Å². The monoisotopic (exact) mass is 499 g/mol. The fourth-order valence-electron chi connectivity index (χ4n) is 2.58. The Morgan fingerprint density at radius 1 is 1.00 bits per heavy atom. The lowest BCUT2D eigenvalue weighted by Gasteiger charge is -2.37. The maximum atomic E-state index is 13.4. The zero-order valence-electron chi connectivity index (χ0n) is 16.4. The van der Waals surface area contributed by atoms with Gasteiger partial charge in [0.05, 0.1) is 15.9 Å². The number of hydrogen-bond donors (Lipinski definition) is 0. The van der Waals surface area contributed by atoms with Gasteiger partial charge in [-0.1, -0.05) is 30.8 Å². The van der Waals surface area contributed by atoms with Crippen LogP contribution in [0.25, 0.3) is 10.8 Å². The van der Waals surface area contributed by atoms with Crippen molar-refractivity contribution in [2.75, 3.05) is 5.75 Å². The molecule has 0 aliphatic carbocycles. The summed E-state index contributed by atoms with van der Waals surface area (Å²) >= 11 is 0. The van der Waals surface area contributed by atoms with Crippen LogP contribution in [0.1, 0.15) is 17.3 Å². The van der Waals surface area contributed by atoms with E-state index in [0.717, 1.165) is 12.1 Å². The number of rotatable bonds is 6. The zero-order chi connectivity index (χ0) is 25.4. The minimum absolute atomic E-state index is 0.126. The van der Waals surface area contributed by atoms with E-state index in [2.05, 4.69) is 11.3 Å². The Kier molecular flexibility index (Phi) is 6.86. The van der Waals surface area contributed by atoms with Gasteiger partial charge in [-0.15, -0.1) is 0 Å². The summed E-state index contributed by atoms with van der Waals surface area (Å²) in [7, 11) is -6.22. The summed E-state index contributed by atoms with van der Waals surface area (Å²) in [6.07, 6.45) is -13.1. The second-order valence-electron chi connectivity index (χ2n) is 6.78. The topological polar surface area (TPSA) is 110 Å². The normalized spacial score (nSPS) is 13.0. The second kappa shape index (κ2) is 8.67. The van der Waals surface area contributed by atoms with Crippen LogP contribution in [0.3, 0.4) is 0 Å². The van der Waals surface area contributed by atoms with Crippen LogP contribution in [0.15, 0.2) is 48.6 Å². The lowest BCUT2D eigenvalue weighted by Crippen LogP contribution is -2.63. The average Bonchev–Trinajstić information content (AvgIpc) is 2.63. The molecule has 33 heavy (non-hydrogen) atoms. The van der Waals surface area contributed by atoms with Gasteiger partial charge in [-0.3, -0.25) is 0 Å². The third-order valence-corrected chi connectivity index (χ3v) is 4.94. The summed E-state index contributed by atoms with van der Waals surface area (Å²) in [6, 6.07) is 7.45. The van der Waals surface area contributed by atoms with Gasteiger partial charge in [-0.05, 0) is 29.8 Å². The fraction of sp³-hybridized carbons (Fsp3) is 0.263. The second-order valence-corrected chi connectivity index (χ2v) is 8.18. The first kappa shape index (κ1) is 26.1. The van der Waals surface area contributed by atoms with Crippen LogP contribution in [-0.4, -0.2) is 48.6 Å². The predicted molar refractivity (Wildman–Crippen MR) is 99.2 cm³/mol. The van der Waals surface area contributed by atoms with E-state index in [0.29, 0.717) is 0 Å². The molecule has 0 atom stereocenters. The van der Waals surface area contributed by atoms with E-state index in [1.54, 1.807) is 0 Å². The van der Waals surface area contributed by atoms with Crippen LogP contribution < -0.4 is 4.74 Å². The van der Waals surface area contributed by atoms with Crippen molar-refractivity contribution in [3.8, 4) is 5.75 Å². The molecule has 0 saturated heterocycles.